The van der Waals surface area contributed by atoms with Crippen molar-refractivity contribution in [3.63, 3.8) is 0 Å². The maximum absolute atomic E-state index is 11.8. The van der Waals surface area contributed by atoms with Crippen LogP contribution in [0, 0.1) is 11.3 Å². The molecule has 2 rings (SSSR count). The summed E-state index contributed by atoms with van der Waals surface area (Å²) in [6.07, 6.45) is 2.42. The molecule has 0 radical (unpaired) electrons. The molecular weight excluding hydrogens is 240 g/mol. The standard InChI is InChI=1S/C14H18N4O/c1-9(14(19)18-11-2-3-11)17-12-4-5-13(16)10(8-12)6-7-15/h4-5,8-9,11,17H,2-3,6,16H2,1H3,(H,18,19). The fraction of sp³-hybridized carbons (Fsp3) is 0.429. The van der Waals surface area contributed by atoms with Crippen molar-refractivity contribution >= 4 is 17.3 Å². The van der Waals surface area contributed by atoms with Gasteiger partial charge in [-0.3, -0.25) is 4.79 Å². The SMILES string of the molecule is CC(Nc1ccc(N)c(CC#N)c1)C(=O)NC1CC1. The van der Waals surface area contributed by atoms with Crippen molar-refractivity contribution in [2.75, 3.05) is 11.1 Å². The first-order valence-corrected chi connectivity index (χ1v) is 6.42. The second kappa shape index (κ2) is 5.61. The Balaban J connectivity index is 1.99. The van der Waals surface area contributed by atoms with Gasteiger partial charge < -0.3 is 16.4 Å². The maximum Gasteiger partial charge on any atom is 0.242 e. The highest BCUT2D eigenvalue weighted by atomic mass is 16.2. The van der Waals surface area contributed by atoms with E-state index >= 15 is 0 Å². The molecule has 1 fully saturated rings. The molecule has 5 heteroatoms. The lowest BCUT2D eigenvalue weighted by Gasteiger charge is -2.16. The number of amides is 1. The van der Waals surface area contributed by atoms with Crippen molar-refractivity contribution in [2.24, 2.45) is 0 Å². The van der Waals surface area contributed by atoms with Crippen LogP contribution in [0.15, 0.2) is 18.2 Å². The number of rotatable bonds is 5. The average molecular weight is 258 g/mol. The van der Waals surface area contributed by atoms with Crippen LogP contribution in [0.4, 0.5) is 11.4 Å². The minimum Gasteiger partial charge on any atom is -0.398 e. The molecule has 19 heavy (non-hydrogen) atoms. The third-order valence-electron chi connectivity index (χ3n) is 3.11. The van der Waals surface area contributed by atoms with Gasteiger partial charge in [0.1, 0.15) is 6.04 Å². The molecule has 100 valence electrons. The van der Waals surface area contributed by atoms with E-state index in [1.54, 1.807) is 6.07 Å². The molecule has 1 saturated carbocycles. The van der Waals surface area contributed by atoms with Crippen LogP contribution in [0.1, 0.15) is 25.3 Å². The van der Waals surface area contributed by atoms with Crippen LogP contribution in [0.25, 0.3) is 0 Å². The van der Waals surface area contributed by atoms with E-state index in [2.05, 4.69) is 16.7 Å². The van der Waals surface area contributed by atoms with Crippen molar-refractivity contribution in [3.8, 4) is 6.07 Å². The highest BCUT2D eigenvalue weighted by molar-refractivity contribution is 5.84. The lowest BCUT2D eigenvalue weighted by atomic mass is 10.1. The van der Waals surface area contributed by atoms with E-state index in [1.165, 1.54) is 0 Å². The predicted octanol–water partition coefficient (Wildman–Crippen LogP) is 1.41. The Bertz CT molecular complexity index is 517. The zero-order chi connectivity index (χ0) is 13.8. The summed E-state index contributed by atoms with van der Waals surface area (Å²) in [6.45, 7) is 1.82. The summed E-state index contributed by atoms with van der Waals surface area (Å²) in [7, 11) is 0. The van der Waals surface area contributed by atoms with E-state index in [4.69, 9.17) is 11.0 Å². The molecule has 1 aromatic carbocycles. The van der Waals surface area contributed by atoms with Gasteiger partial charge in [0.15, 0.2) is 0 Å². The van der Waals surface area contributed by atoms with Crippen LogP contribution < -0.4 is 16.4 Å². The van der Waals surface area contributed by atoms with E-state index in [9.17, 15) is 4.79 Å². The van der Waals surface area contributed by atoms with Crippen LogP contribution in [-0.4, -0.2) is 18.0 Å². The number of anilines is 2. The fourth-order valence-electron chi connectivity index (χ4n) is 1.80. The average Bonchev–Trinajstić information content (AvgIpc) is 3.17. The van der Waals surface area contributed by atoms with E-state index in [0.717, 1.165) is 24.1 Å². The monoisotopic (exact) mass is 258 g/mol. The zero-order valence-electron chi connectivity index (χ0n) is 10.9. The van der Waals surface area contributed by atoms with Crippen LogP contribution in [0.3, 0.4) is 0 Å². The minimum atomic E-state index is -0.306. The molecular formula is C14H18N4O. The number of nitrogens with two attached hydrogens (primary N) is 1. The third-order valence-corrected chi connectivity index (χ3v) is 3.11. The zero-order valence-corrected chi connectivity index (χ0v) is 10.9. The molecule has 0 aliphatic heterocycles. The topological polar surface area (TPSA) is 90.9 Å². The van der Waals surface area contributed by atoms with Gasteiger partial charge >= 0.3 is 0 Å². The number of nitrogen functional groups attached to an aromatic ring is 1. The van der Waals surface area contributed by atoms with Crippen molar-refractivity contribution < 1.29 is 4.79 Å². The number of nitrogens with one attached hydrogen (secondary N) is 2. The molecule has 1 aromatic rings. The molecule has 0 bridgehead atoms. The largest absolute Gasteiger partial charge is 0.398 e. The predicted molar refractivity (Wildman–Crippen MR) is 74.4 cm³/mol. The number of benzene rings is 1. The van der Waals surface area contributed by atoms with Gasteiger partial charge in [-0.2, -0.15) is 5.26 Å². The molecule has 1 atom stereocenters. The summed E-state index contributed by atoms with van der Waals surface area (Å²) in [4.78, 5) is 11.8. The minimum absolute atomic E-state index is 0.00107. The van der Waals surface area contributed by atoms with Crippen LogP contribution >= 0.6 is 0 Å². The Morgan fingerprint density at radius 3 is 2.95 bits per heavy atom. The lowest BCUT2D eigenvalue weighted by Crippen LogP contribution is -2.38. The summed E-state index contributed by atoms with van der Waals surface area (Å²) in [6, 6.07) is 7.51. The fourth-order valence-corrected chi connectivity index (χ4v) is 1.80. The summed E-state index contributed by atoms with van der Waals surface area (Å²) < 4.78 is 0. The van der Waals surface area contributed by atoms with Gasteiger partial charge in [-0.15, -0.1) is 0 Å². The highest BCUT2D eigenvalue weighted by Gasteiger charge is 2.25. The molecule has 1 unspecified atom stereocenters. The molecule has 5 nitrogen and oxygen atoms in total. The quantitative estimate of drug-likeness (QED) is 0.696. The van der Waals surface area contributed by atoms with Gasteiger partial charge in [-0.25, -0.2) is 0 Å². The normalized spacial score (nSPS) is 15.4. The number of nitrogens with zero attached hydrogens (tertiary/aromatic N) is 1. The summed E-state index contributed by atoms with van der Waals surface area (Å²) >= 11 is 0. The van der Waals surface area contributed by atoms with Gasteiger partial charge in [0, 0.05) is 17.4 Å². The Labute approximate surface area is 112 Å². The number of carbonyl (C=O) groups is 1. The molecule has 0 aromatic heterocycles. The first kappa shape index (κ1) is 13.2. The Morgan fingerprint density at radius 2 is 2.32 bits per heavy atom. The molecule has 0 saturated heterocycles. The van der Waals surface area contributed by atoms with Gasteiger partial charge in [0.2, 0.25) is 5.91 Å². The van der Waals surface area contributed by atoms with Crippen molar-refractivity contribution in [3.05, 3.63) is 23.8 Å². The Hall–Kier alpha value is -2.22. The number of hydrogen-bond acceptors (Lipinski definition) is 4. The molecule has 0 heterocycles. The first-order valence-electron chi connectivity index (χ1n) is 6.42. The van der Waals surface area contributed by atoms with Gasteiger partial charge in [0.25, 0.3) is 0 Å². The van der Waals surface area contributed by atoms with E-state index < -0.39 is 0 Å². The highest BCUT2D eigenvalue weighted by Crippen LogP contribution is 2.20. The smallest absolute Gasteiger partial charge is 0.242 e. The first-order chi connectivity index (χ1) is 9.10. The molecule has 4 N–H and O–H groups in total. The molecule has 1 amide bonds. The summed E-state index contributed by atoms with van der Waals surface area (Å²) in [5, 5.41) is 14.8. The van der Waals surface area contributed by atoms with Crippen molar-refractivity contribution in [1.29, 1.82) is 5.26 Å². The van der Waals surface area contributed by atoms with Gasteiger partial charge in [-0.05, 0) is 43.5 Å². The molecule has 1 aliphatic rings. The van der Waals surface area contributed by atoms with Crippen LogP contribution in [-0.2, 0) is 11.2 Å². The maximum atomic E-state index is 11.8. The third kappa shape index (κ3) is 3.62. The Morgan fingerprint density at radius 1 is 1.58 bits per heavy atom. The summed E-state index contributed by atoms with van der Waals surface area (Å²) in [5.74, 6) is 0.00107. The van der Waals surface area contributed by atoms with E-state index in [1.807, 2.05) is 19.1 Å². The number of nitriles is 1. The molecule has 1 aliphatic carbocycles. The van der Waals surface area contributed by atoms with Crippen LogP contribution in [0.2, 0.25) is 0 Å². The molecule has 0 spiro atoms. The number of hydrogen-bond donors (Lipinski definition) is 3. The van der Waals surface area contributed by atoms with Gasteiger partial charge in [-0.1, -0.05) is 0 Å². The van der Waals surface area contributed by atoms with E-state index in [-0.39, 0.29) is 18.4 Å². The number of carbonyl (C=O) groups excluding carboxylic acids is 1. The van der Waals surface area contributed by atoms with Crippen molar-refractivity contribution in [2.45, 2.75) is 38.3 Å². The van der Waals surface area contributed by atoms with E-state index in [0.29, 0.717) is 11.7 Å². The lowest BCUT2D eigenvalue weighted by molar-refractivity contribution is -0.121. The summed E-state index contributed by atoms with van der Waals surface area (Å²) in [5.41, 5.74) is 7.96. The second-order valence-electron chi connectivity index (χ2n) is 4.90. The van der Waals surface area contributed by atoms with Crippen LogP contribution in [0.5, 0.6) is 0 Å². The Kier molecular flexibility index (Phi) is 3.91. The second-order valence-corrected chi connectivity index (χ2v) is 4.90. The van der Waals surface area contributed by atoms with Gasteiger partial charge in [0.05, 0.1) is 12.5 Å². The van der Waals surface area contributed by atoms with Crippen molar-refractivity contribution in [1.82, 2.24) is 5.32 Å².